The lowest BCUT2D eigenvalue weighted by Crippen LogP contribution is -2.42. The van der Waals surface area contributed by atoms with Crippen LogP contribution >= 0.6 is 23.1 Å². The van der Waals surface area contributed by atoms with Gasteiger partial charge in [0.25, 0.3) is 0 Å². The largest absolute Gasteiger partial charge is 0.444 e. The SMILES string of the molecule is CC(C)(C)OC(=O)N1CCC(CSc2nnc(Cc3cccs3)n2C2CC2)CC1. The van der Waals surface area contributed by atoms with Crippen molar-refractivity contribution in [3.8, 4) is 0 Å². The maximum absolute atomic E-state index is 12.2. The van der Waals surface area contributed by atoms with Crippen molar-refractivity contribution in [1.29, 1.82) is 0 Å². The number of nitrogens with zero attached hydrogens (tertiary/aromatic N) is 4. The molecule has 3 heterocycles. The van der Waals surface area contributed by atoms with Gasteiger partial charge in [-0.2, -0.15) is 0 Å². The van der Waals surface area contributed by atoms with Crippen LogP contribution in [0, 0.1) is 5.92 Å². The normalized spacial score (nSPS) is 18.2. The van der Waals surface area contributed by atoms with Crippen LogP contribution in [-0.2, 0) is 11.2 Å². The molecular formula is C21H30N4O2S2. The first-order valence-corrected chi connectivity index (χ1v) is 12.3. The second kappa shape index (κ2) is 8.68. The number of thioether (sulfide) groups is 1. The Morgan fingerprint density at radius 2 is 2.00 bits per heavy atom. The molecule has 0 bridgehead atoms. The number of amides is 1. The summed E-state index contributed by atoms with van der Waals surface area (Å²) in [4.78, 5) is 15.4. The predicted octanol–water partition coefficient (Wildman–Crippen LogP) is 5.00. The summed E-state index contributed by atoms with van der Waals surface area (Å²) in [5.74, 6) is 2.73. The summed E-state index contributed by atoms with van der Waals surface area (Å²) in [5, 5.41) is 12.2. The average molecular weight is 435 g/mol. The van der Waals surface area contributed by atoms with Crippen molar-refractivity contribution in [2.75, 3.05) is 18.8 Å². The monoisotopic (exact) mass is 434 g/mol. The van der Waals surface area contributed by atoms with E-state index in [-0.39, 0.29) is 6.09 Å². The Labute approximate surface area is 181 Å². The molecule has 6 nitrogen and oxygen atoms in total. The molecular weight excluding hydrogens is 404 g/mol. The minimum absolute atomic E-state index is 0.185. The van der Waals surface area contributed by atoms with Gasteiger partial charge in [0.05, 0.1) is 0 Å². The van der Waals surface area contributed by atoms with Crippen molar-refractivity contribution in [1.82, 2.24) is 19.7 Å². The number of hydrogen-bond acceptors (Lipinski definition) is 6. The standard InChI is InChI=1S/C21H30N4O2S2/c1-21(2,3)27-20(26)24-10-8-15(9-11-24)14-29-19-23-22-18(25(19)16-6-7-16)13-17-5-4-12-28-17/h4-5,12,15-16H,6-11,13-14H2,1-3H3. The molecule has 4 rings (SSSR count). The molecule has 0 N–H and O–H groups in total. The lowest BCUT2D eigenvalue weighted by molar-refractivity contribution is 0.0191. The van der Waals surface area contributed by atoms with Crippen LogP contribution in [0.5, 0.6) is 0 Å². The number of carbonyl (C=O) groups is 1. The average Bonchev–Trinajstić information content (AvgIpc) is 3.22. The number of piperidine rings is 1. The van der Waals surface area contributed by atoms with Gasteiger partial charge in [0.2, 0.25) is 0 Å². The molecule has 1 amide bonds. The highest BCUT2D eigenvalue weighted by Crippen LogP contribution is 2.40. The van der Waals surface area contributed by atoms with E-state index in [1.165, 1.54) is 17.7 Å². The fourth-order valence-corrected chi connectivity index (χ4v) is 5.51. The lowest BCUT2D eigenvalue weighted by Gasteiger charge is -2.33. The fourth-order valence-electron chi connectivity index (χ4n) is 3.60. The van der Waals surface area contributed by atoms with Crippen molar-refractivity contribution in [2.24, 2.45) is 5.92 Å². The highest BCUT2D eigenvalue weighted by atomic mass is 32.2. The van der Waals surface area contributed by atoms with E-state index in [0.29, 0.717) is 12.0 Å². The van der Waals surface area contributed by atoms with Crippen LogP contribution in [0.15, 0.2) is 22.7 Å². The third kappa shape index (κ3) is 5.54. The molecule has 0 unspecified atom stereocenters. The van der Waals surface area contributed by atoms with Gasteiger partial charge in [-0.3, -0.25) is 0 Å². The van der Waals surface area contributed by atoms with E-state index in [0.717, 1.165) is 49.1 Å². The highest BCUT2D eigenvalue weighted by molar-refractivity contribution is 7.99. The molecule has 158 valence electrons. The molecule has 0 radical (unpaired) electrons. The fraction of sp³-hybridized carbons (Fsp3) is 0.667. The summed E-state index contributed by atoms with van der Waals surface area (Å²) >= 11 is 3.61. The number of rotatable bonds is 6. The van der Waals surface area contributed by atoms with Crippen LogP contribution < -0.4 is 0 Å². The molecule has 0 aromatic carbocycles. The maximum atomic E-state index is 12.2. The summed E-state index contributed by atoms with van der Waals surface area (Å²) in [5.41, 5.74) is -0.433. The summed E-state index contributed by atoms with van der Waals surface area (Å²) in [6.07, 6.45) is 5.19. The second-order valence-corrected chi connectivity index (χ2v) is 11.0. The van der Waals surface area contributed by atoms with Gasteiger partial charge >= 0.3 is 6.09 Å². The molecule has 1 aliphatic carbocycles. The molecule has 1 saturated heterocycles. The van der Waals surface area contributed by atoms with Gasteiger partial charge in [-0.25, -0.2) is 4.79 Å². The van der Waals surface area contributed by atoms with E-state index in [1.54, 1.807) is 11.3 Å². The van der Waals surface area contributed by atoms with Crippen LogP contribution in [0.1, 0.15) is 63.2 Å². The maximum Gasteiger partial charge on any atom is 0.410 e. The first-order chi connectivity index (χ1) is 13.9. The number of ether oxygens (including phenoxy) is 1. The summed E-state index contributed by atoms with van der Waals surface area (Å²) in [6.45, 7) is 7.29. The molecule has 1 aliphatic heterocycles. The number of carbonyl (C=O) groups excluding carboxylic acids is 1. The Morgan fingerprint density at radius 1 is 1.24 bits per heavy atom. The molecule has 0 spiro atoms. The summed E-state index contributed by atoms with van der Waals surface area (Å²) in [7, 11) is 0. The molecule has 8 heteroatoms. The zero-order valence-corrected chi connectivity index (χ0v) is 19.1. The van der Waals surface area contributed by atoms with E-state index >= 15 is 0 Å². The van der Waals surface area contributed by atoms with Gasteiger partial charge in [-0.15, -0.1) is 21.5 Å². The molecule has 2 aromatic rings. The van der Waals surface area contributed by atoms with Crippen LogP contribution in [0.3, 0.4) is 0 Å². The Morgan fingerprint density at radius 3 is 2.62 bits per heavy atom. The van der Waals surface area contributed by atoms with Crippen molar-refractivity contribution in [3.05, 3.63) is 28.2 Å². The van der Waals surface area contributed by atoms with Gasteiger partial charge in [-0.1, -0.05) is 17.8 Å². The van der Waals surface area contributed by atoms with Gasteiger partial charge in [-0.05, 0) is 63.8 Å². The Hall–Kier alpha value is -1.54. The predicted molar refractivity (Wildman–Crippen MR) is 117 cm³/mol. The zero-order chi connectivity index (χ0) is 20.4. The number of aromatic nitrogens is 3. The van der Waals surface area contributed by atoms with Crippen molar-refractivity contribution >= 4 is 29.2 Å². The van der Waals surface area contributed by atoms with Gasteiger partial charge in [0, 0.05) is 36.2 Å². The smallest absolute Gasteiger partial charge is 0.410 e. The molecule has 2 fully saturated rings. The topological polar surface area (TPSA) is 60.2 Å². The van der Waals surface area contributed by atoms with E-state index in [1.807, 2.05) is 37.4 Å². The van der Waals surface area contributed by atoms with Crippen molar-refractivity contribution < 1.29 is 9.53 Å². The van der Waals surface area contributed by atoms with Crippen molar-refractivity contribution in [3.63, 3.8) is 0 Å². The molecule has 1 saturated carbocycles. The Bertz CT molecular complexity index is 816. The minimum Gasteiger partial charge on any atom is -0.444 e. The zero-order valence-electron chi connectivity index (χ0n) is 17.5. The number of likely N-dealkylation sites (tertiary alicyclic amines) is 1. The highest BCUT2D eigenvalue weighted by Gasteiger charge is 2.31. The Kier molecular flexibility index (Phi) is 6.20. The van der Waals surface area contributed by atoms with Crippen LogP contribution in [-0.4, -0.2) is 50.2 Å². The molecule has 0 atom stereocenters. The third-order valence-corrected chi connectivity index (χ3v) is 7.32. The summed E-state index contributed by atoms with van der Waals surface area (Å²) < 4.78 is 7.87. The molecule has 2 aromatic heterocycles. The van der Waals surface area contributed by atoms with E-state index in [2.05, 4.69) is 32.3 Å². The number of hydrogen-bond donors (Lipinski definition) is 0. The lowest BCUT2D eigenvalue weighted by atomic mass is 9.99. The van der Waals surface area contributed by atoms with Crippen LogP contribution in [0.2, 0.25) is 0 Å². The quantitative estimate of drug-likeness (QED) is 0.599. The van der Waals surface area contributed by atoms with E-state index in [9.17, 15) is 4.79 Å². The van der Waals surface area contributed by atoms with Crippen LogP contribution in [0.4, 0.5) is 4.79 Å². The van der Waals surface area contributed by atoms with E-state index < -0.39 is 5.60 Å². The van der Waals surface area contributed by atoms with Gasteiger partial charge in [0.1, 0.15) is 11.4 Å². The second-order valence-electron chi connectivity index (χ2n) is 8.98. The van der Waals surface area contributed by atoms with Crippen molar-refractivity contribution in [2.45, 2.75) is 69.7 Å². The molecule has 2 aliphatic rings. The van der Waals surface area contributed by atoms with Crippen LogP contribution in [0.25, 0.3) is 0 Å². The van der Waals surface area contributed by atoms with Gasteiger partial charge in [0.15, 0.2) is 5.16 Å². The first kappa shape index (κ1) is 20.7. The Balaban J connectivity index is 1.30. The summed E-state index contributed by atoms with van der Waals surface area (Å²) in [6, 6.07) is 4.84. The third-order valence-electron chi connectivity index (χ3n) is 5.27. The van der Waals surface area contributed by atoms with Gasteiger partial charge < -0.3 is 14.2 Å². The first-order valence-electron chi connectivity index (χ1n) is 10.5. The van der Waals surface area contributed by atoms with E-state index in [4.69, 9.17) is 4.74 Å². The molecule has 29 heavy (non-hydrogen) atoms. The number of thiophene rings is 1. The minimum atomic E-state index is -0.433.